The summed E-state index contributed by atoms with van der Waals surface area (Å²) in [7, 11) is -3.15. The first-order chi connectivity index (χ1) is 10.4. The normalized spacial score (nSPS) is 13.3. The maximum absolute atomic E-state index is 11.1. The van der Waals surface area contributed by atoms with Gasteiger partial charge >= 0.3 is 20.7 Å². The lowest BCUT2D eigenvalue weighted by Crippen LogP contribution is -2.52. The van der Waals surface area contributed by atoms with Crippen LogP contribution in [0, 0.1) is 5.92 Å². The number of hydrogen-bond acceptors (Lipinski definition) is 5. The van der Waals surface area contributed by atoms with Crippen molar-refractivity contribution in [3.63, 3.8) is 0 Å². The molecule has 0 fully saturated rings. The lowest BCUT2D eigenvalue weighted by atomic mass is 9.95. The van der Waals surface area contributed by atoms with Gasteiger partial charge in [-0.05, 0) is 33.1 Å². The van der Waals surface area contributed by atoms with Crippen molar-refractivity contribution < 1.29 is 33.1 Å². The van der Waals surface area contributed by atoms with Crippen molar-refractivity contribution >= 4 is 20.7 Å². The lowest BCUT2D eigenvalue weighted by Gasteiger charge is -2.38. The predicted octanol–water partition coefficient (Wildman–Crippen LogP) is 2.38. The Morgan fingerprint density at radius 2 is 1.23 bits per heavy atom. The molecule has 0 aliphatic carbocycles. The maximum atomic E-state index is 11.1. The average Bonchev–Trinajstić information content (AvgIpc) is 2.38. The number of carbonyl (C=O) groups is 2. The van der Waals surface area contributed by atoms with Gasteiger partial charge in [-0.3, -0.25) is 9.59 Å². The molecular weight excluding hydrogens is 308 g/mol. The molecule has 2 N–H and O–H groups in total. The van der Waals surface area contributed by atoms with Gasteiger partial charge < -0.3 is 23.5 Å². The van der Waals surface area contributed by atoms with E-state index in [1.807, 2.05) is 27.7 Å². The van der Waals surface area contributed by atoms with Gasteiger partial charge in [-0.15, -0.1) is 0 Å². The molecule has 0 aliphatic rings. The van der Waals surface area contributed by atoms with Crippen LogP contribution in [0.25, 0.3) is 0 Å². The summed E-state index contributed by atoms with van der Waals surface area (Å²) < 4.78 is 17.4. The fraction of sp³-hybridized carbons (Fsp3) is 0.857. The van der Waals surface area contributed by atoms with E-state index in [1.165, 1.54) is 0 Å². The van der Waals surface area contributed by atoms with Gasteiger partial charge in [0.15, 0.2) is 0 Å². The Hall–Kier alpha value is -0.963. The van der Waals surface area contributed by atoms with Crippen LogP contribution in [0.2, 0.25) is 5.54 Å². The molecule has 1 unspecified atom stereocenters. The van der Waals surface area contributed by atoms with Crippen molar-refractivity contribution in [3.8, 4) is 0 Å². The summed E-state index contributed by atoms with van der Waals surface area (Å²) in [6.07, 6.45) is 0.0526. The second kappa shape index (κ2) is 10.7. The molecule has 0 rings (SSSR count). The Kier molecular flexibility index (Phi) is 10.2. The molecule has 0 aromatic rings. The van der Waals surface area contributed by atoms with Gasteiger partial charge in [0.1, 0.15) is 0 Å². The number of aliphatic carboxylic acids is 2. The quantitative estimate of drug-likeness (QED) is 0.498. The van der Waals surface area contributed by atoms with Gasteiger partial charge in [0.05, 0.1) is 0 Å². The zero-order chi connectivity index (χ0) is 17.2. The topological polar surface area (TPSA) is 102 Å². The molecular formula is C14H28O7Si. The van der Waals surface area contributed by atoms with Crippen molar-refractivity contribution in [2.24, 2.45) is 5.92 Å². The van der Waals surface area contributed by atoms with Crippen LogP contribution in [0.5, 0.6) is 0 Å². The molecule has 0 aromatic heterocycles. The molecule has 0 saturated carbocycles. The van der Waals surface area contributed by atoms with Crippen LogP contribution >= 0.6 is 0 Å². The highest BCUT2D eigenvalue weighted by Crippen LogP contribution is 2.39. The Labute approximate surface area is 132 Å². The Morgan fingerprint density at radius 3 is 1.45 bits per heavy atom. The molecule has 8 heteroatoms. The largest absolute Gasteiger partial charge is 0.504 e. The molecule has 0 spiro atoms. The highest BCUT2D eigenvalue weighted by atomic mass is 28.4. The second-order valence-electron chi connectivity index (χ2n) is 4.87. The number of carboxylic acid groups (broad SMARTS) is 2. The molecule has 0 amide bonds. The monoisotopic (exact) mass is 336 g/mol. The van der Waals surface area contributed by atoms with Crippen LogP contribution < -0.4 is 0 Å². The Bertz CT molecular complexity index is 315. The number of rotatable bonds is 13. The first-order valence-corrected chi connectivity index (χ1v) is 9.52. The highest BCUT2D eigenvalue weighted by molar-refractivity contribution is 6.62. The minimum atomic E-state index is -3.15. The summed E-state index contributed by atoms with van der Waals surface area (Å²) in [6.45, 7) is 8.43. The third-order valence-electron chi connectivity index (χ3n) is 3.37. The third-order valence-corrected chi connectivity index (χ3v) is 7.23. The van der Waals surface area contributed by atoms with Crippen LogP contribution in [0.3, 0.4) is 0 Å². The smallest absolute Gasteiger partial charge is 0.481 e. The molecule has 0 aliphatic heterocycles. The van der Waals surface area contributed by atoms with Gasteiger partial charge in [0.2, 0.25) is 0 Å². The summed E-state index contributed by atoms with van der Waals surface area (Å²) in [5.41, 5.74) is -0.362. The van der Waals surface area contributed by atoms with Gasteiger partial charge in [-0.1, -0.05) is 6.92 Å². The van der Waals surface area contributed by atoms with Gasteiger partial charge in [-0.25, -0.2) is 0 Å². The van der Waals surface area contributed by atoms with Crippen molar-refractivity contribution in [1.29, 1.82) is 0 Å². The predicted molar refractivity (Wildman–Crippen MR) is 82.7 cm³/mol. The lowest BCUT2D eigenvalue weighted by molar-refractivity contribution is -0.140. The zero-order valence-corrected chi connectivity index (χ0v) is 14.8. The Morgan fingerprint density at radius 1 is 0.864 bits per heavy atom. The van der Waals surface area contributed by atoms with E-state index < -0.39 is 26.7 Å². The van der Waals surface area contributed by atoms with Gasteiger partial charge in [0.25, 0.3) is 0 Å². The Balaban J connectivity index is 5.59. The minimum Gasteiger partial charge on any atom is -0.481 e. The molecule has 7 nitrogen and oxygen atoms in total. The molecule has 0 saturated heterocycles. The van der Waals surface area contributed by atoms with E-state index in [9.17, 15) is 9.59 Å². The molecule has 0 bridgehead atoms. The molecule has 1 atom stereocenters. The summed E-state index contributed by atoms with van der Waals surface area (Å²) in [6, 6.07) is 0. The van der Waals surface area contributed by atoms with E-state index in [-0.39, 0.29) is 18.4 Å². The SMILES string of the molecule is CCO[Si](OCC)(OCC)C(CC)C(CC(=O)O)CC(=O)O. The zero-order valence-electron chi connectivity index (χ0n) is 13.8. The highest BCUT2D eigenvalue weighted by Gasteiger charge is 2.52. The number of carboxylic acids is 2. The molecule has 0 heterocycles. The van der Waals surface area contributed by atoms with E-state index in [0.29, 0.717) is 26.2 Å². The van der Waals surface area contributed by atoms with Gasteiger partial charge in [-0.2, -0.15) is 0 Å². The van der Waals surface area contributed by atoms with E-state index in [4.69, 9.17) is 23.5 Å². The van der Waals surface area contributed by atoms with Gasteiger partial charge in [0, 0.05) is 38.2 Å². The van der Waals surface area contributed by atoms with E-state index >= 15 is 0 Å². The van der Waals surface area contributed by atoms with Crippen LogP contribution in [0.4, 0.5) is 0 Å². The fourth-order valence-corrected chi connectivity index (χ4v) is 6.14. The summed E-state index contributed by atoms with van der Waals surface area (Å²) >= 11 is 0. The summed E-state index contributed by atoms with van der Waals surface area (Å²) in [4.78, 5) is 22.2. The molecule has 0 radical (unpaired) electrons. The number of hydrogen-bond donors (Lipinski definition) is 2. The molecule has 130 valence electrons. The van der Waals surface area contributed by atoms with E-state index in [1.54, 1.807) is 0 Å². The standard InChI is InChI=1S/C14H28O7Si/c1-5-12(11(9-13(15)16)10-14(17)18)22(19-6-2,20-7-3)21-8-4/h11-12H,5-10H2,1-4H3,(H,15,16)(H,17,18). The van der Waals surface area contributed by atoms with Crippen molar-refractivity contribution in [2.45, 2.75) is 52.5 Å². The van der Waals surface area contributed by atoms with Crippen LogP contribution in [-0.4, -0.2) is 50.8 Å². The minimum absolute atomic E-state index is 0.243. The second-order valence-corrected chi connectivity index (χ2v) is 7.69. The first kappa shape index (κ1) is 21.0. The van der Waals surface area contributed by atoms with E-state index in [2.05, 4.69) is 0 Å². The summed E-state index contributed by atoms with van der Waals surface area (Å²) in [5.74, 6) is -2.65. The molecule has 22 heavy (non-hydrogen) atoms. The first-order valence-electron chi connectivity index (χ1n) is 7.72. The maximum Gasteiger partial charge on any atom is 0.504 e. The summed E-state index contributed by atoms with van der Waals surface area (Å²) in [5, 5.41) is 18.2. The van der Waals surface area contributed by atoms with Crippen LogP contribution in [0.1, 0.15) is 47.0 Å². The van der Waals surface area contributed by atoms with Crippen molar-refractivity contribution in [3.05, 3.63) is 0 Å². The molecule has 0 aromatic carbocycles. The fourth-order valence-electron chi connectivity index (χ4n) is 2.73. The van der Waals surface area contributed by atoms with Crippen LogP contribution in [0.15, 0.2) is 0 Å². The van der Waals surface area contributed by atoms with E-state index in [0.717, 1.165) is 0 Å². The third kappa shape index (κ3) is 6.43. The van der Waals surface area contributed by atoms with Crippen molar-refractivity contribution in [1.82, 2.24) is 0 Å². The van der Waals surface area contributed by atoms with Crippen molar-refractivity contribution in [2.75, 3.05) is 19.8 Å². The average molecular weight is 336 g/mol. The van der Waals surface area contributed by atoms with Crippen LogP contribution in [-0.2, 0) is 22.9 Å².